The number of hydrogen-bond acceptors (Lipinski definition) is 1. The van der Waals surface area contributed by atoms with E-state index in [-0.39, 0.29) is 5.02 Å². The lowest BCUT2D eigenvalue weighted by atomic mass is 10.0. The predicted molar refractivity (Wildman–Crippen MR) is 108 cm³/mol. The van der Waals surface area contributed by atoms with E-state index in [1.165, 1.54) is 6.07 Å². The third-order valence-electron chi connectivity index (χ3n) is 4.19. The van der Waals surface area contributed by atoms with Gasteiger partial charge in [-0.2, -0.15) is 5.26 Å². The van der Waals surface area contributed by atoms with Crippen molar-refractivity contribution in [3.05, 3.63) is 86.4 Å². The number of allylic oxidation sites excluding steroid dienone is 1. The van der Waals surface area contributed by atoms with Gasteiger partial charge in [-0.3, -0.25) is 0 Å². The Morgan fingerprint density at radius 2 is 1.96 bits per heavy atom. The summed E-state index contributed by atoms with van der Waals surface area (Å²) in [7, 11) is 0. The minimum absolute atomic E-state index is 0.0824. The zero-order valence-electron chi connectivity index (χ0n) is 14.2. The second-order valence-electron chi connectivity index (χ2n) is 5.94. The summed E-state index contributed by atoms with van der Waals surface area (Å²) in [5.41, 5.74) is 5.06. The highest BCUT2D eigenvalue weighted by Crippen LogP contribution is 2.28. The molecule has 0 fully saturated rings. The van der Waals surface area contributed by atoms with E-state index in [9.17, 15) is 9.65 Å². The zero-order chi connectivity index (χ0) is 18.8. The monoisotopic (exact) mass is 428 g/mol. The number of nitriles is 1. The van der Waals surface area contributed by atoms with Crippen LogP contribution in [0.1, 0.15) is 22.5 Å². The van der Waals surface area contributed by atoms with Gasteiger partial charge in [0, 0.05) is 21.5 Å². The van der Waals surface area contributed by atoms with E-state index < -0.39 is 5.82 Å². The first-order chi connectivity index (χ1) is 12.4. The van der Waals surface area contributed by atoms with Crippen LogP contribution in [-0.4, -0.2) is 4.57 Å². The lowest BCUT2D eigenvalue weighted by Crippen LogP contribution is -1.99. The van der Waals surface area contributed by atoms with Gasteiger partial charge in [0.15, 0.2) is 0 Å². The maximum Gasteiger partial charge on any atom is 0.141 e. The van der Waals surface area contributed by atoms with Crippen molar-refractivity contribution in [2.75, 3.05) is 0 Å². The maximum absolute atomic E-state index is 13.5. The van der Waals surface area contributed by atoms with Crippen molar-refractivity contribution in [2.45, 2.75) is 13.8 Å². The molecular weight excluding hydrogens is 415 g/mol. The number of aryl methyl sites for hydroxylation is 1. The minimum atomic E-state index is -0.445. The Hall–Kier alpha value is -2.35. The summed E-state index contributed by atoms with van der Waals surface area (Å²) in [5, 5.41) is 9.67. The van der Waals surface area contributed by atoms with Gasteiger partial charge in [0.2, 0.25) is 0 Å². The summed E-state index contributed by atoms with van der Waals surface area (Å²) in [5.74, 6) is -0.445. The lowest BCUT2D eigenvalue weighted by molar-refractivity contribution is 0.627. The molecule has 130 valence electrons. The molecule has 0 bridgehead atoms. The topological polar surface area (TPSA) is 28.7 Å². The number of rotatable bonds is 3. The molecule has 0 aliphatic heterocycles. The molecule has 0 atom stereocenters. The molecule has 0 spiro atoms. The first-order valence-electron chi connectivity index (χ1n) is 7.93. The molecule has 0 saturated carbocycles. The molecule has 0 aliphatic carbocycles. The molecule has 0 unspecified atom stereocenters. The van der Waals surface area contributed by atoms with Gasteiger partial charge in [-0.15, -0.1) is 0 Å². The molecule has 2 nitrogen and oxygen atoms in total. The highest BCUT2D eigenvalue weighted by Gasteiger charge is 2.12. The summed E-state index contributed by atoms with van der Waals surface area (Å²) in [4.78, 5) is 0. The molecule has 0 radical (unpaired) electrons. The van der Waals surface area contributed by atoms with Gasteiger partial charge in [0.1, 0.15) is 5.82 Å². The third-order valence-corrected chi connectivity index (χ3v) is 4.97. The zero-order valence-corrected chi connectivity index (χ0v) is 16.6. The average molecular weight is 430 g/mol. The number of benzene rings is 2. The van der Waals surface area contributed by atoms with Gasteiger partial charge >= 0.3 is 0 Å². The maximum atomic E-state index is 13.5. The highest BCUT2D eigenvalue weighted by atomic mass is 79.9. The van der Waals surface area contributed by atoms with Crippen molar-refractivity contribution in [3.63, 3.8) is 0 Å². The molecule has 3 aromatic rings. The van der Waals surface area contributed by atoms with Crippen LogP contribution >= 0.6 is 27.5 Å². The van der Waals surface area contributed by atoms with Crippen LogP contribution in [0.25, 0.3) is 17.3 Å². The van der Waals surface area contributed by atoms with E-state index >= 15 is 0 Å². The Kier molecular flexibility index (Phi) is 5.31. The standard InChI is InChI=1S/C21H15BrClFN2/c1-13-8-16(9-17(12-25)15-4-3-5-18(22)10-15)14(2)26(13)19-6-7-21(24)20(23)11-19/h3-11H,1-2H3/b17-9-. The molecule has 2 aromatic carbocycles. The molecule has 1 aromatic heterocycles. The Morgan fingerprint density at radius 3 is 2.62 bits per heavy atom. The minimum Gasteiger partial charge on any atom is -0.318 e. The van der Waals surface area contributed by atoms with Crippen LogP contribution in [-0.2, 0) is 0 Å². The highest BCUT2D eigenvalue weighted by molar-refractivity contribution is 9.10. The molecule has 26 heavy (non-hydrogen) atoms. The van der Waals surface area contributed by atoms with Crippen LogP contribution in [0.4, 0.5) is 4.39 Å². The van der Waals surface area contributed by atoms with Crippen molar-refractivity contribution < 1.29 is 4.39 Å². The summed E-state index contributed by atoms with van der Waals surface area (Å²) in [6, 6.07) is 16.5. The summed E-state index contributed by atoms with van der Waals surface area (Å²) >= 11 is 9.36. The van der Waals surface area contributed by atoms with Crippen LogP contribution in [0.3, 0.4) is 0 Å². The number of hydrogen-bond donors (Lipinski definition) is 0. The Bertz CT molecular complexity index is 1060. The second-order valence-corrected chi connectivity index (χ2v) is 7.26. The quantitative estimate of drug-likeness (QED) is 0.425. The first kappa shape index (κ1) is 18.4. The number of aromatic nitrogens is 1. The fourth-order valence-electron chi connectivity index (χ4n) is 2.95. The molecule has 0 saturated heterocycles. The first-order valence-corrected chi connectivity index (χ1v) is 9.10. The van der Waals surface area contributed by atoms with Crippen LogP contribution in [0.15, 0.2) is 53.0 Å². The van der Waals surface area contributed by atoms with Crippen molar-refractivity contribution in [1.29, 1.82) is 5.26 Å². The Labute approximate surface area is 165 Å². The normalized spacial score (nSPS) is 11.5. The molecule has 1 heterocycles. The van der Waals surface area contributed by atoms with Crippen LogP contribution in [0.5, 0.6) is 0 Å². The van der Waals surface area contributed by atoms with Crippen LogP contribution < -0.4 is 0 Å². The van der Waals surface area contributed by atoms with E-state index in [1.807, 2.05) is 54.8 Å². The molecular formula is C21H15BrClFN2. The van der Waals surface area contributed by atoms with Crippen molar-refractivity contribution in [2.24, 2.45) is 0 Å². The van der Waals surface area contributed by atoms with E-state index in [4.69, 9.17) is 11.6 Å². The van der Waals surface area contributed by atoms with E-state index in [2.05, 4.69) is 22.0 Å². The van der Waals surface area contributed by atoms with E-state index in [0.29, 0.717) is 5.57 Å². The van der Waals surface area contributed by atoms with E-state index in [1.54, 1.807) is 12.1 Å². The summed E-state index contributed by atoms with van der Waals surface area (Å²) in [6.45, 7) is 3.93. The summed E-state index contributed by atoms with van der Waals surface area (Å²) in [6.07, 6.45) is 1.87. The van der Waals surface area contributed by atoms with Crippen LogP contribution in [0.2, 0.25) is 5.02 Å². The third kappa shape index (κ3) is 3.60. The molecule has 5 heteroatoms. The fourth-order valence-corrected chi connectivity index (χ4v) is 3.52. The van der Waals surface area contributed by atoms with Gasteiger partial charge in [0.05, 0.1) is 16.7 Å². The molecule has 3 rings (SSSR count). The van der Waals surface area contributed by atoms with Crippen LogP contribution in [0, 0.1) is 31.0 Å². The van der Waals surface area contributed by atoms with Gasteiger partial charge < -0.3 is 4.57 Å². The van der Waals surface area contributed by atoms with Gasteiger partial charge in [0.25, 0.3) is 0 Å². The lowest BCUT2D eigenvalue weighted by Gasteiger charge is -2.10. The molecule has 0 amide bonds. The Morgan fingerprint density at radius 1 is 1.19 bits per heavy atom. The molecule has 0 N–H and O–H groups in total. The molecule has 0 aliphatic rings. The average Bonchev–Trinajstić information content (AvgIpc) is 2.89. The Balaban J connectivity index is 2.10. The predicted octanol–water partition coefficient (Wildman–Crippen LogP) is 6.71. The SMILES string of the molecule is Cc1cc(/C=C(/C#N)c2cccc(Br)c2)c(C)n1-c1ccc(F)c(Cl)c1. The largest absolute Gasteiger partial charge is 0.318 e. The number of halogens is 3. The van der Waals surface area contributed by atoms with Gasteiger partial charge in [-0.1, -0.05) is 39.7 Å². The fraction of sp³-hybridized carbons (Fsp3) is 0.0952. The van der Waals surface area contributed by atoms with Gasteiger partial charge in [-0.05, 0) is 67.4 Å². The van der Waals surface area contributed by atoms with Crippen molar-refractivity contribution >= 4 is 39.2 Å². The summed E-state index contributed by atoms with van der Waals surface area (Å²) < 4.78 is 16.4. The smallest absolute Gasteiger partial charge is 0.141 e. The van der Waals surface area contributed by atoms with Crippen molar-refractivity contribution in [1.82, 2.24) is 4.57 Å². The number of nitrogens with zero attached hydrogens (tertiary/aromatic N) is 2. The van der Waals surface area contributed by atoms with Gasteiger partial charge in [-0.25, -0.2) is 4.39 Å². The second kappa shape index (κ2) is 7.49. The van der Waals surface area contributed by atoms with E-state index in [0.717, 1.165) is 32.7 Å². The van der Waals surface area contributed by atoms with Crippen molar-refractivity contribution in [3.8, 4) is 11.8 Å².